The molecule has 0 radical (unpaired) electrons. The third kappa shape index (κ3) is 4.00. The zero-order chi connectivity index (χ0) is 18.8. The zero-order valence-electron chi connectivity index (χ0n) is 15.0. The highest BCUT2D eigenvalue weighted by Crippen LogP contribution is 2.29. The molecule has 0 N–H and O–H groups in total. The molecule has 0 unspecified atom stereocenters. The van der Waals surface area contributed by atoms with Gasteiger partial charge in [0.15, 0.2) is 0 Å². The number of nitrogens with zero attached hydrogens (tertiary/aromatic N) is 2. The normalized spacial score (nSPS) is 23.8. The number of fused-ring (bicyclic) bond motifs is 1. The second kappa shape index (κ2) is 7.97. The van der Waals surface area contributed by atoms with Gasteiger partial charge >= 0.3 is 0 Å². The summed E-state index contributed by atoms with van der Waals surface area (Å²) in [4.78, 5) is 16.6. The molecule has 6 heteroatoms. The molecule has 4 rings (SSSR count). The summed E-state index contributed by atoms with van der Waals surface area (Å²) >= 11 is 6.19. The highest BCUT2D eigenvalue weighted by atomic mass is 35.5. The van der Waals surface area contributed by atoms with E-state index in [1.54, 1.807) is 12.1 Å². The van der Waals surface area contributed by atoms with Crippen molar-refractivity contribution in [1.82, 2.24) is 4.90 Å². The molecular formula is C21H22ClFN2O2. The number of hydrogen-bond acceptors (Lipinski definition) is 3. The molecule has 0 aromatic heterocycles. The van der Waals surface area contributed by atoms with Crippen molar-refractivity contribution in [2.24, 2.45) is 5.92 Å². The fraction of sp³-hybridized carbons (Fsp3) is 0.381. The molecule has 2 fully saturated rings. The standard InChI is InChI=1S/C21H22ClFN2O2/c22-18-7-4-8-19(23)17(18)13-24-10-9-20-15(11-24)12-25(21(26)14-27-20)16-5-2-1-3-6-16/h1-8,15,20H,9-14H2/t15-,20+/m1/s1. The summed E-state index contributed by atoms with van der Waals surface area (Å²) in [5, 5.41) is 0.454. The molecule has 0 bridgehead atoms. The van der Waals surface area contributed by atoms with Crippen LogP contribution < -0.4 is 4.90 Å². The summed E-state index contributed by atoms with van der Waals surface area (Å²) < 4.78 is 20.0. The molecule has 2 aromatic carbocycles. The Hall–Kier alpha value is -1.95. The van der Waals surface area contributed by atoms with Crippen molar-refractivity contribution in [3.8, 4) is 0 Å². The van der Waals surface area contributed by atoms with Crippen molar-refractivity contribution in [1.29, 1.82) is 0 Å². The summed E-state index contributed by atoms with van der Waals surface area (Å²) in [5.41, 5.74) is 1.42. The summed E-state index contributed by atoms with van der Waals surface area (Å²) in [6.07, 6.45) is 0.877. The minimum atomic E-state index is -0.275. The van der Waals surface area contributed by atoms with E-state index >= 15 is 0 Å². The lowest BCUT2D eigenvalue weighted by atomic mass is 9.93. The first kappa shape index (κ1) is 18.4. The molecule has 2 aliphatic heterocycles. The van der Waals surface area contributed by atoms with Gasteiger partial charge in [0.2, 0.25) is 0 Å². The van der Waals surface area contributed by atoms with Crippen LogP contribution in [-0.4, -0.2) is 43.2 Å². The van der Waals surface area contributed by atoms with Gasteiger partial charge in [0, 0.05) is 48.4 Å². The van der Waals surface area contributed by atoms with Crippen molar-refractivity contribution < 1.29 is 13.9 Å². The van der Waals surface area contributed by atoms with E-state index in [1.807, 2.05) is 35.2 Å². The molecule has 27 heavy (non-hydrogen) atoms. The van der Waals surface area contributed by atoms with Gasteiger partial charge in [-0.15, -0.1) is 0 Å². The number of amides is 1. The predicted molar refractivity (Wildman–Crippen MR) is 103 cm³/mol. The molecule has 0 saturated carbocycles. The van der Waals surface area contributed by atoms with E-state index in [2.05, 4.69) is 4.90 Å². The first-order chi connectivity index (χ1) is 13.1. The molecule has 0 aliphatic carbocycles. The number of halogens is 2. The molecule has 2 aliphatic rings. The highest BCUT2D eigenvalue weighted by Gasteiger charge is 2.36. The van der Waals surface area contributed by atoms with Crippen LogP contribution in [0.3, 0.4) is 0 Å². The highest BCUT2D eigenvalue weighted by molar-refractivity contribution is 6.31. The molecule has 2 saturated heterocycles. The van der Waals surface area contributed by atoms with E-state index in [-0.39, 0.29) is 30.4 Å². The minimum Gasteiger partial charge on any atom is -0.368 e. The Morgan fingerprint density at radius 3 is 2.70 bits per heavy atom. The van der Waals surface area contributed by atoms with Gasteiger partial charge in [0.25, 0.3) is 5.91 Å². The number of hydrogen-bond donors (Lipinski definition) is 0. The third-order valence-corrected chi connectivity index (χ3v) is 5.75. The first-order valence-electron chi connectivity index (χ1n) is 9.24. The lowest BCUT2D eigenvalue weighted by Crippen LogP contribution is -2.47. The number of carbonyl (C=O) groups is 1. The number of carbonyl (C=O) groups excluding carboxylic acids is 1. The van der Waals surface area contributed by atoms with Gasteiger partial charge in [-0.3, -0.25) is 9.69 Å². The Labute approximate surface area is 163 Å². The summed E-state index contributed by atoms with van der Waals surface area (Å²) in [5.74, 6) is -0.113. The number of anilines is 1. The number of para-hydroxylation sites is 1. The van der Waals surface area contributed by atoms with E-state index in [4.69, 9.17) is 16.3 Å². The summed E-state index contributed by atoms with van der Waals surface area (Å²) in [7, 11) is 0. The fourth-order valence-electron chi connectivity index (χ4n) is 3.98. The molecule has 2 aromatic rings. The maximum absolute atomic E-state index is 14.1. The van der Waals surface area contributed by atoms with Crippen LogP contribution in [0.5, 0.6) is 0 Å². The van der Waals surface area contributed by atoms with E-state index in [9.17, 15) is 9.18 Å². The number of benzene rings is 2. The Morgan fingerprint density at radius 2 is 1.93 bits per heavy atom. The van der Waals surface area contributed by atoms with Gasteiger partial charge < -0.3 is 9.64 Å². The van der Waals surface area contributed by atoms with Gasteiger partial charge in [0.05, 0.1) is 6.10 Å². The Balaban J connectivity index is 1.50. The number of likely N-dealkylation sites (tertiary alicyclic amines) is 1. The number of rotatable bonds is 3. The van der Waals surface area contributed by atoms with Gasteiger partial charge in [0.1, 0.15) is 12.4 Å². The Bertz CT molecular complexity index is 797. The van der Waals surface area contributed by atoms with Crippen LogP contribution in [-0.2, 0) is 16.1 Å². The minimum absolute atomic E-state index is 0.0145. The van der Waals surface area contributed by atoms with Crippen LogP contribution in [0.1, 0.15) is 12.0 Å². The van der Waals surface area contributed by atoms with Gasteiger partial charge in [-0.05, 0) is 30.7 Å². The summed E-state index contributed by atoms with van der Waals surface area (Å²) in [6.45, 7) is 2.72. The van der Waals surface area contributed by atoms with Crippen LogP contribution in [0.2, 0.25) is 5.02 Å². The van der Waals surface area contributed by atoms with Crippen molar-refractivity contribution in [3.05, 3.63) is 64.9 Å². The second-order valence-electron chi connectivity index (χ2n) is 7.17. The van der Waals surface area contributed by atoms with Crippen molar-refractivity contribution >= 4 is 23.2 Å². The third-order valence-electron chi connectivity index (χ3n) is 5.40. The van der Waals surface area contributed by atoms with Crippen LogP contribution in [0.4, 0.5) is 10.1 Å². The van der Waals surface area contributed by atoms with Crippen molar-refractivity contribution in [2.45, 2.75) is 19.1 Å². The molecule has 2 heterocycles. The average molecular weight is 389 g/mol. The van der Waals surface area contributed by atoms with Crippen LogP contribution in [0, 0.1) is 11.7 Å². The lowest BCUT2D eigenvalue weighted by molar-refractivity contribution is -0.124. The smallest absolute Gasteiger partial charge is 0.252 e. The summed E-state index contributed by atoms with van der Waals surface area (Å²) in [6, 6.07) is 14.5. The SMILES string of the molecule is O=C1CO[C@H]2CCN(Cc3c(F)cccc3Cl)C[C@@H]2CN1c1ccccc1. The van der Waals surface area contributed by atoms with Gasteiger partial charge in [-0.25, -0.2) is 4.39 Å². The van der Waals surface area contributed by atoms with Gasteiger partial charge in [-0.2, -0.15) is 0 Å². The van der Waals surface area contributed by atoms with E-state index < -0.39 is 0 Å². The molecule has 142 valence electrons. The van der Waals surface area contributed by atoms with Gasteiger partial charge in [-0.1, -0.05) is 35.9 Å². The Kier molecular flexibility index (Phi) is 5.43. The largest absolute Gasteiger partial charge is 0.368 e. The fourth-order valence-corrected chi connectivity index (χ4v) is 4.20. The zero-order valence-corrected chi connectivity index (χ0v) is 15.7. The molecule has 4 nitrogen and oxygen atoms in total. The van der Waals surface area contributed by atoms with Crippen LogP contribution in [0.15, 0.2) is 48.5 Å². The topological polar surface area (TPSA) is 32.8 Å². The van der Waals surface area contributed by atoms with Crippen LogP contribution in [0.25, 0.3) is 0 Å². The number of piperidine rings is 1. The second-order valence-corrected chi connectivity index (χ2v) is 7.58. The molecule has 1 amide bonds. The van der Waals surface area contributed by atoms with E-state index in [0.29, 0.717) is 23.7 Å². The predicted octanol–water partition coefficient (Wildman–Crippen LogP) is 3.73. The lowest BCUT2D eigenvalue weighted by Gasteiger charge is -2.38. The quantitative estimate of drug-likeness (QED) is 0.803. The maximum Gasteiger partial charge on any atom is 0.252 e. The average Bonchev–Trinajstić information content (AvgIpc) is 2.84. The monoisotopic (exact) mass is 388 g/mol. The van der Waals surface area contributed by atoms with E-state index in [0.717, 1.165) is 25.2 Å². The number of ether oxygens (including phenoxy) is 1. The molecule has 0 spiro atoms. The Morgan fingerprint density at radius 1 is 1.11 bits per heavy atom. The van der Waals surface area contributed by atoms with Crippen molar-refractivity contribution in [3.63, 3.8) is 0 Å². The van der Waals surface area contributed by atoms with Crippen molar-refractivity contribution in [2.75, 3.05) is 31.1 Å². The molecular weight excluding hydrogens is 367 g/mol. The first-order valence-corrected chi connectivity index (χ1v) is 9.62. The maximum atomic E-state index is 14.1. The molecule has 2 atom stereocenters. The van der Waals surface area contributed by atoms with Crippen LogP contribution >= 0.6 is 11.6 Å². The van der Waals surface area contributed by atoms with E-state index in [1.165, 1.54) is 6.07 Å².